The minimum absolute atomic E-state index is 0.500. The Labute approximate surface area is 153 Å². The van der Waals surface area contributed by atoms with Gasteiger partial charge in [-0.2, -0.15) is 5.10 Å². The Morgan fingerprint density at radius 2 is 2.12 bits per heavy atom. The van der Waals surface area contributed by atoms with Crippen molar-refractivity contribution in [1.29, 1.82) is 0 Å². The number of piperidine rings is 1. The summed E-state index contributed by atoms with van der Waals surface area (Å²) in [5, 5.41) is 7.45. The van der Waals surface area contributed by atoms with Crippen molar-refractivity contribution in [3.05, 3.63) is 54.2 Å². The minimum atomic E-state index is 0.500. The second-order valence-electron chi connectivity index (χ2n) is 6.97. The van der Waals surface area contributed by atoms with Crippen LogP contribution >= 0.6 is 0 Å². The number of hydrogen-bond acceptors (Lipinski definition) is 4. The lowest BCUT2D eigenvalue weighted by atomic mass is 9.96. The maximum absolute atomic E-state index is 5.25. The number of aromatic nitrogens is 4. The minimum Gasteiger partial charge on any atom is -0.497 e. The van der Waals surface area contributed by atoms with Crippen LogP contribution in [0.2, 0.25) is 0 Å². The van der Waals surface area contributed by atoms with Crippen molar-refractivity contribution in [1.82, 2.24) is 24.6 Å². The Hall–Kier alpha value is -2.60. The van der Waals surface area contributed by atoms with E-state index in [4.69, 9.17) is 4.74 Å². The van der Waals surface area contributed by atoms with E-state index in [0.717, 1.165) is 36.6 Å². The zero-order chi connectivity index (χ0) is 17.9. The smallest absolute Gasteiger partial charge is 0.118 e. The van der Waals surface area contributed by atoms with Crippen LogP contribution in [-0.4, -0.2) is 44.8 Å². The first-order valence-electron chi connectivity index (χ1n) is 9.11. The second-order valence-corrected chi connectivity index (χ2v) is 6.97. The molecule has 0 radical (unpaired) electrons. The summed E-state index contributed by atoms with van der Waals surface area (Å²) >= 11 is 0. The number of nitrogens with one attached hydrogen (secondary N) is 1. The zero-order valence-electron chi connectivity index (χ0n) is 15.4. The maximum Gasteiger partial charge on any atom is 0.118 e. The van der Waals surface area contributed by atoms with Gasteiger partial charge in [-0.25, -0.2) is 4.98 Å². The summed E-state index contributed by atoms with van der Waals surface area (Å²) in [6.45, 7) is 3.06. The van der Waals surface area contributed by atoms with Gasteiger partial charge in [-0.15, -0.1) is 0 Å². The molecule has 1 aromatic carbocycles. The molecule has 1 atom stereocenters. The molecule has 0 aliphatic carbocycles. The van der Waals surface area contributed by atoms with Gasteiger partial charge in [-0.3, -0.25) is 10.00 Å². The molecule has 2 aromatic heterocycles. The number of likely N-dealkylation sites (tertiary alicyclic amines) is 1. The van der Waals surface area contributed by atoms with E-state index in [1.54, 1.807) is 7.11 Å². The van der Waals surface area contributed by atoms with Gasteiger partial charge in [0.2, 0.25) is 0 Å². The zero-order valence-corrected chi connectivity index (χ0v) is 15.4. The highest BCUT2D eigenvalue weighted by Gasteiger charge is 2.25. The Morgan fingerprint density at radius 1 is 1.27 bits per heavy atom. The SMILES string of the molecule is COc1ccc(-c2[nH]ncc2CN2CCC[C@H](c3nccn3C)C2)cc1. The lowest BCUT2D eigenvalue weighted by Gasteiger charge is -2.32. The molecular formula is C20H25N5O. The predicted octanol–water partition coefficient (Wildman–Crippen LogP) is 3.20. The number of rotatable bonds is 5. The molecule has 1 aliphatic heterocycles. The molecule has 136 valence electrons. The monoisotopic (exact) mass is 351 g/mol. The Bertz CT molecular complexity index is 851. The van der Waals surface area contributed by atoms with E-state index in [2.05, 4.69) is 43.8 Å². The highest BCUT2D eigenvalue weighted by molar-refractivity contribution is 5.63. The molecule has 0 saturated carbocycles. The third-order valence-corrected chi connectivity index (χ3v) is 5.22. The van der Waals surface area contributed by atoms with Crippen LogP contribution in [0.25, 0.3) is 11.3 Å². The summed E-state index contributed by atoms with van der Waals surface area (Å²) in [5.74, 6) is 2.56. The molecule has 0 unspecified atom stereocenters. The molecule has 0 spiro atoms. The van der Waals surface area contributed by atoms with E-state index in [0.29, 0.717) is 5.92 Å². The van der Waals surface area contributed by atoms with Gasteiger partial charge in [0.25, 0.3) is 0 Å². The van der Waals surface area contributed by atoms with Crippen molar-refractivity contribution < 1.29 is 4.74 Å². The Balaban J connectivity index is 1.49. The van der Waals surface area contributed by atoms with E-state index in [9.17, 15) is 0 Å². The van der Waals surface area contributed by atoms with Crippen molar-refractivity contribution in [3.8, 4) is 17.0 Å². The van der Waals surface area contributed by atoms with Crippen LogP contribution in [0.1, 0.15) is 30.1 Å². The molecule has 1 saturated heterocycles. The van der Waals surface area contributed by atoms with Gasteiger partial charge < -0.3 is 9.30 Å². The molecule has 3 heterocycles. The van der Waals surface area contributed by atoms with Gasteiger partial charge in [0.15, 0.2) is 0 Å². The summed E-state index contributed by atoms with van der Waals surface area (Å²) in [6, 6.07) is 8.11. The number of imidazole rings is 1. The third kappa shape index (κ3) is 3.37. The fraction of sp³-hybridized carbons (Fsp3) is 0.400. The van der Waals surface area contributed by atoms with E-state index in [1.807, 2.05) is 30.7 Å². The van der Waals surface area contributed by atoms with Crippen molar-refractivity contribution in [2.45, 2.75) is 25.3 Å². The van der Waals surface area contributed by atoms with Crippen LogP contribution in [0.3, 0.4) is 0 Å². The molecule has 1 fully saturated rings. The van der Waals surface area contributed by atoms with Gasteiger partial charge in [0.1, 0.15) is 11.6 Å². The lowest BCUT2D eigenvalue weighted by Crippen LogP contribution is -2.34. The number of aryl methyl sites for hydroxylation is 1. The first kappa shape index (κ1) is 16.8. The maximum atomic E-state index is 5.25. The number of H-pyrrole nitrogens is 1. The first-order chi connectivity index (χ1) is 12.7. The van der Waals surface area contributed by atoms with Crippen LogP contribution in [-0.2, 0) is 13.6 Å². The van der Waals surface area contributed by atoms with Crippen LogP contribution < -0.4 is 4.74 Å². The van der Waals surface area contributed by atoms with E-state index in [-0.39, 0.29) is 0 Å². The molecule has 4 rings (SSSR count). The number of nitrogens with zero attached hydrogens (tertiary/aromatic N) is 4. The molecule has 26 heavy (non-hydrogen) atoms. The second kappa shape index (κ2) is 7.33. The van der Waals surface area contributed by atoms with Crippen molar-refractivity contribution in [2.75, 3.05) is 20.2 Å². The van der Waals surface area contributed by atoms with Crippen LogP contribution in [0.15, 0.2) is 42.9 Å². The summed E-state index contributed by atoms with van der Waals surface area (Å²) in [4.78, 5) is 7.07. The lowest BCUT2D eigenvalue weighted by molar-refractivity contribution is 0.195. The van der Waals surface area contributed by atoms with Gasteiger partial charge in [0.05, 0.1) is 19.0 Å². The van der Waals surface area contributed by atoms with Crippen LogP contribution in [0.4, 0.5) is 0 Å². The highest BCUT2D eigenvalue weighted by atomic mass is 16.5. The number of ether oxygens (including phenoxy) is 1. The first-order valence-corrected chi connectivity index (χ1v) is 9.11. The summed E-state index contributed by atoms with van der Waals surface area (Å²) in [7, 11) is 3.77. The van der Waals surface area contributed by atoms with Crippen molar-refractivity contribution in [3.63, 3.8) is 0 Å². The van der Waals surface area contributed by atoms with Crippen molar-refractivity contribution in [2.24, 2.45) is 7.05 Å². The fourth-order valence-electron chi connectivity index (χ4n) is 3.86. The fourth-order valence-corrected chi connectivity index (χ4v) is 3.86. The normalized spacial score (nSPS) is 18.2. The van der Waals surface area contributed by atoms with E-state index >= 15 is 0 Å². The number of methoxy groups -OCH3 is 1. The van der Waals surface area contributed by atoms with Gasteiger partial charge in [-0.1, -0.05) is 0 Å². The van der Waals surface area contributed by atoms with Crippen LogP contribution in [0, 0.1) is 0 Å². The molecule has 3 aromatic rings. The van der Waals surface area contributed by atoms with Gasteiger partial charge in [0, 0.05) is 49.6 Å². The Morgan fingerprint density at radius 3 is 2.85 bits per heavy atom. The van der Waals surface area contributed by atoms with E-state index < -0.39 is 0 Å². The largest absolute Gasteiger partial charge is 0.497 e. The molecule has 1 N–H and O–H groups in total. The number of benzene rings is 1. The third-order valence-electron chi connectivity index (χ3n) is 5.22. The standard InChI is InChI=1S/C20H25N5O/c1-24-11-9-21-20(24)16-4-3-10-25(13-16)14-17-12-22-23-19(17)15-5-7-18(26-2)8-6-15/h5-9,11-12,16H,3-4,10,13-14H2,1-2H3,(H,22,23)/t16-/m0/s1. The average Bonchev–Trinajstić information content (AvgIpc) is 3.31. The Kier molecular flexibility index (Phi) is 4.75. The van der Waals surface area contributed by atoms with Crippen LogP contribution in [0.5, 0.6) is 5.75 Å². The predicted molar refractivity (Wildman–Crippen MR) is 101 cm³/mol. The summed E-state index contributed by atoms with van der Waals surface area (Å²) < 4.78 is 7.40. The van der Waals surface area contributed by atoms with Gasteiger partial charge in [-0.05, 0) is 43.7 Å². The number of hydrogen-bond donors (Lipinski definition) is 1. The summed E-state index contributed by atoms with van der Waals surface area (Å²) in [6.07, 6.45) is 8.29. The molecule has 0 bridgehead atoms. The average molecular weight is 351 g/mol. The van der Waals surface area contributed by atoms with Gasteiger partial charge >= 0.3 is 0 Å². The topological polar surface area (TPSA) is 59.0 Å². The summed E-state index contributed by atoms with van der Waals surface area (Å²) in [5.41, 5.74) is 3.46. The molecule has 6 nitrogen and oxygen atoms in total. The quantitative estimate of drug-likeness (QED) is 0.767. The van der Waals surface area contributed by atoms with Crippen molar-refractivity contribution >= 4 is 0 Å². The van der Waals surface area contributed by atoms with E-state index in [1.165, 1.54) is 24.2 Å². The number of aromatic amines is 1. The molecule has 1 aliphatic rings. The molecule has 0 amide bonds. The highest BCUT2D eigenvalue weighted by Crippen LogP contribution is 2.29. The molecule has 6 heteroatoms. The molecular weight excluding hydrogens is 326 g/mol.